The summed E-state index contributed by atoms with van der Waals surface area (Å²) in [5.41, 5.74) is 0.814. The molecule has 0 radical (unpaired) electrons. The predicted octanol–water partition coefficient (Wildman–Crippen LogP) is 4.49. The van der Waals surface area contributed by atoms with Gasteiger partial charge in [-0.3, -0.25) is 14.6 Å². The zero-order valence-electron chi connectivity index (χ0n) is 15.5. The number of nitrogens with zero attached hydrogens (tertiary/aromatic N) is 3. The minimum atomic E-state index is -0.382. The first-order chi connectivity index (χ1) is 13.6. The Balaban J connectivity index is 0.00000240. The van der Waals surface area contributed by atoms with E-state index in [0.29, 0.717) is 47.5 Å². The molecule has 0 N–H and O–H groups in total. The fourth-order valence-corrected chi connectivity index (χ4v) is 4.25. The van der Waals surface area contributed by atoms with Gasteiger partial charge in [-0.2, -0.15) is 0 Å². The highest BCUT2D eigenvalue weighted by molar-refractivity contribution is 7.22. The Kier molecular flexibility index (Phi) is 7.43. The molecule has 0 spiro atoms. The maximum atomic E-state index is 14.1. The van der Waals surface area contributed by atoms with Crippen molar-refractivity contribution in [3.63, 3.8) is 0 Å². The SMILES string of the molecule is Cl.O=C(c1ccc(Cl)cc1)N(CCN1CCOCC1)c1nc2c(F)cccc2s1. The van der Waals surface area contributed by atoms with E-state index in [9.17, 15) is 9.18 Å². The molecule has 0 bridgehead atoms. The van der Waals surface area contributed by atoms with Gasteiger partial charge in [0.2, 0.25) is 0 Å². The molecule has 3 aromatic rings. The van der Waals surface area contributed by atoms with E-state index in [4.69, 9.17) is 16.3 Å². The molecule has 2 heterocycles. The first-order valence-electron chi connectivity index (χ1n) is 9.04. The van der Waals surface area contributed by atoms with Crippen molar-refractivity contribution in [3.8, 4) is 0 Å². The van der Waals surface area contributed by atoms with Crippen LogP contribution in [0.25, 0.3) is 10.2 Å². The number of thiazole rings is 1. The van der Waals surface area contributed by atoms with Crippen molar-refractivity contribution < 1.29 is 13.9 Å². The number of rotatable bonds is 5. The number of hydrogen-bond acceptors (Lipinski definition) is 5. The standard InChI is InChI=1S/C20H19ClFN3O2S.ClH/c21-15-6-4-14(5-7-15)19(26)25(9-8-24-10-12-27-13-11-24)20-23-18-16(22)2-1-3-17(18)28-20;/h1-7H,8-13H2;1H. The van der Waals surface area contributed by atoms with Crippen molar-refractivity contribution in [1.82, 2.24) is 9.88 Å². The van der Waals surface area contributed by atoms with Crippen LogP contribution in [0.5, 0.6) is 0 Å². The van der Waals surface area contributed by atoms with Crippen LogP contribution in [0, 0.1) is 5.82 Å². The Morgan fingerprint density at radius 1 is 1.21 bits per heavy atom. The normalized spacial score (nSPS) is 14.6. The first-order valence-corrected chi connectivity index (χ1v) is 10.2. The number of carbonyl (C=O) groups excluding carboxylic acids is 1. The summed E-state index contributed by atoms with van der Waals surface area (Å²) in [6.07, 6.45) is 0. The molecule has 0 unspecified atom stereocenters. The topological polar surface area (TPSA) is 45.7 Å². The molecule has 2 aromatic carbocycles. The predicted molar refractivity (Wildman–Crippen MR) is 117 cm³/mol. The van der Waals surface area contributed by atoms with E-state index in [1.807, 2.05) is 6.07 Å². The molecular formula is C20H20Cl2FN3O2S. The van der Waals surface area contributed by atoms with Crippen LogP contribution >= 0.6 is 35.3 Å². The molecule has 29 heavy (non-hydrogen) atoms. The van der Waals surface area contributed by atoms with Gasteiger partial charge in [0.15, 0.2) is 5.13 Å². The minimum absolute atomic E-state index is 0. The molecular weight excluding hydrogens is 436 g/mol. The number of benzene rings is 2. The summed E-state index contributed by atoms with van der Waals surface area (Å²) < 4.78 is 20.2. The number of aromatic nitrogens is 1. The van der Waals surface area contributed by atoms with Gasteiger partial charge in [-0.1, -0.05) is 29.0 Å². The lowest BCUT2D eigenvalue weighted by molar-refractivity contribution is 0.0391. The largest absolute Gasteiger partial charge is 0.379 e. The number of carbonyl (C=O) groups is 1. The highest BCUT2D eigenvalue weighted by Gasteiger charge is 2.23. The molecule has 154 valence electrons. The van der Waals surface area contributed by atoms with Crippen LogP contribution in [-0.4, -0.2) is 55.2 Å². The van der Waals surface area contributed by atoms with Gasteiger partial charge in [-0.05, 0) is 36.4 Å². The van der Waals surface area contributed by atoms with Crippen molar-refractivity contribution in [1.29, 1.82) is 0 Å². The van der Waals surface area contributed by atoms with E-state index in [-0.39, 0.29) is 24.1 Å². The Morgan fingerprint density at radius 3 is 2.62 bits per heavy atom. The Morgan fingerprint density at radius 2 is 1.93 bits per heavy atom. The third kappa shape index (κ3) is 5.05. The molecule has 1 amide bonds. The minimum Gasteiger partial charge on any atom is -0.379 e. The molecule has 5 nitrogen and oxygen atoms in total. The fourth-order valence-electron chi connectivity index (χ4n) is 3.12. The maximum absolute atomic E-state index is 14.1. The summed E-state index contributed by atoms with van der Waals surface area (Å²) in [6.45, 7) is 4.20. The van der Waals surface area contributed by atoms with Gasteiger partial charge < -0.3 is 4.74 Å². The third-order valence-electron chi connectivity index (χ3n) is 4.67. The smallest absolute Gasteiger partial charge is 0.260 e. The van der Waals surface area contributed by atoms with Crippen LogP contribution in [0.3, 0.4) is 0 Å². The summed E-state index contributed by atoms with van der Waals surface area (Å²) in [6, 6.07) is 11.6. The molecule has 0 atom stereocenters. The number of ether oxygens (including phenoxy) is 1. The van der Waals surface area contributed by atoms with Gasteiger partial charge in [0.05, 0.1) is 17.9 Å². The highest BCUT2D eigenvalue weighted by Crippen LogP contribution is 2.31. The Bertz CT molecular complexity index is 978. The third-order valence-corrected chi connectivity index (χ3v) is 5.96. The second-order valence-corrected chi connectivity index (χ2v) is 7.95. The number of anilines is 1. The summed E-state index contributed by atoms with van der Waals surface area (Å²) in [7, 11) is 0. The van der Waals surface area contributed by atoms with Crippen LogP contribution in [0.2, 0.25) is 5.02 Å². The van der Waals surface area contributed by atoms with Crippen molar-refractivity contribution in [2.45, 2.75) is 0 Å². The highest BCUT2D eigenvalue weighted by atomic mass is 35.5. The van der Waals surface area contributed by atoms with E-state index in [0.717, 1.165) is 17.8 Å². The van der Waals surface area contributed by atoms with Gasteiger partial charge in [0.1, 0.15) is 11.3 Å². The monoisotopic (exact) mass is 455 g/mol. The van der Waals surface area contributed by atoms with Gasteiger partial charge >= 0.3 is 0 Å². The average molecular weight is 456 g/mol. The molecule has 1 aliphatic rings. The van der Waals surface area contributed by atoms with Gasteiger partial charge in [-0.15, -0.1) is 12.4 Å². The molecule has 4 rings (SSSR count). The lowest BCUT2D eigenvalue weighted by Crippen LogP contribution is -2.43. The van der Waals surface area contributed by atoms with E-state index in [1.54, 1.807) is 35.2 Å². The Hall–Kier alpha value is -1.77. The molecule has 1 aromatic heterocycles. The van der Waals surface area contributed by atoms with Crippen molar-refractivity contribution >= 4 is 56.6 Å². The van der Waals surface area contributed by atoms with E-state index in [2.05, 4.69) is 9.88 Å². The van der Waals surface area contributed by atoms with Crippen LogP contribution in [0.15, 0.2) is 42.5 Å². The van der Waals surface area contributed by atoms with Crippen LogP contribution in [-0.2, 0) is 4.74 Å². The lowest BCUT2D eigenvalue weighted by atomic mass is 10.2. The first kappa shape index (κ1) is 21.9. The number of para-hydroxylation sites is 1. The number of fused-ring (bicyclic) bond motifs is 1. The quantitative estimate of drug-likeness (QED) is 0.568. The fraction of sp³-hybridized carbons (Fsp3) is 0.300. The van der Waals surface area contributed by atoms with Crippen molar-refractivity contribution in [2.75, 3.05) is 44.3 Å². The number of morpholine rings is 1. The summed E-state index contributed by atoms with van der Waals surface area (Å²) in [5.74, 6) is -0.559. The molecule has 0 aliphatic carbocycles. The molecule has 1 saturated heterocycles. The molecule has 1 aliphatic heterocycles. The zero-order chi connectivity index (χ0) is 19.5. The molecule has 0 saturated carbocycles. The number of halogens is 3. The molecule has 9 heteroatoms. The summed E-state index contributed by atoms with van der Waals surface area (Å²) in [5, 5.41) is 1.06. The van der Waals surface area contributed by atoms with E-state index >= 15 is 0 Å². The average Bonchev–Trinajstić information content (AvgIpc) is 3.15. The second-order valence-electron chi connectivity index (χ2n) is 6.50. The number of hydrogen-bond donors (Lipinski definition) is 0. The van der Waals surface area contributed by atoms with Crippen LogP contribution in [0.1, 0.15) is 10.4 Å². The number of amides is 1. The van der Waals surface area contributed by atoms with Gasteiger partial charge in [0, 0.05) is 36.8 Å². The molecule has 1 fully saturated rings. The van der Waals surface area contributed by atoms with E-state index < -0.39 is 0 Å². The van der Waals surface area contributed by atoms with Crippen LogP contribution in [0.4, 0.5) is 9.52 Å². The van der Waals surface area contributed by atoms with Crippen LogP contribution < -0.4 is 4.90 Å². The summed E-state index contributed by atoms with van der Waals surface area (Å²) in [4.78, 5) is 21.5. The van der Waals surface area contributed by atoms with Crippen molar-refractivity contribution in [3.05, 3.63) is 58.9 Å². The summed E-state index contributed by atoms with van der Waals surface area (Å²) >= 11 is 7.27. The van der Waals surface area contributed by atoms with Gasteiger partial charge in [0.25, 0.3) is 5.91 Å². The maximum Gasteiger partial charge on any atom is 0.260 e. The zero-order valence-corrected chi connectivity index (χ0v) is 17.9. The van der Waals surface area contributed by atoms with Gasteiger partial charge in [-0.25, -0.2) is 9.37 Å². The van der Waals surface area contributed by atoms with E-state index in [1.165, 1.54) is 17.4 Å². The lowest BCUT2D eigenvalue weighted by Gasteiger charge is -2.29. The Labute approximate surface area is 183 Å². The second kappa shape index (κ2) is 9.82. The van der Waals surface area contributed by atoms with Crippen molar-refractivity contribution in [2.24, 2.45) is 0 Å².